The predicted octanol–water partition coefficient (Wildman–Crippen LogP) is 0.968. The van der Waals surface area contributed by atoms with Crippen molar-refractivity contribution in [1.82, 2.24) is 4.98 Å². The molecule has 2 N–H and O–H groups in total. The largest absolute Gasteiger partial charge is 0.375 e. The van der Waals surface area contributed by atoms with Gasteiger partial charge in [0.25, 0.3) is 0 Å². The molecule has 1 aromatic rings. The van der Waals surface area contributed by atoms with Crippen LogP contribution < -0.4 is 5.73 Å². The van der Waals surface area contributed by atoms with Gasteiger partial charge in [-0.15, -0.1) is 11.3 Å². The fraction of sp³-hybridized carbons (Fsp3) is 0.333. The minimum absolute atomic E-state index is 0.625. The maximum Gasteiger partial charge on any atom is 0.180 e. The number of nitrogen functional groups attached to an aromatic ring is 1. The van der Waals surface area contributed by atoms with Crippen LogP contribution in [0.5, 0.6) is 0 Å². The van der Waals surface area contributed by atoms with Crippen LogP contribution in [0.25, 0.3) is 0 Å². The Kier molecular flexibility index (Phi) is 2.39. The van der Waals surface area contributed by atoms with Gasteiger partial charge in [-0.1, -0.05) is 0 Å². The first-order valence-electron chi connectivity index (χ1n) is 2.93. The molecule has 0 aromatic carbocycles. The van der Waals surface area contributed by atoms with Crippen molar-refractivity contribution in [1.29, 1.82) is 0 Å². The lowest BCUT2D eigenvalue weighted by Crippen LogP contribution is -1.78. The van der Waals surface area contributed by atoms with Gasteiger partial charge in [0.15, 0.2) is 5.13 Å². The van der Waals surface area contributed by atoms with Crippen molar-refractivity contribution in [3.05, 3.63) is 11.1 Å². The summed E-state index contributed by atoms with van der Waals surface area (Å²) in [5, 5.41) is 0.625. The van der Waals surface area contributed by atoms with Gasteiger partial charge in [-0.25, -0.2) is 4.98 Å². The second kappa shape index (κ2) is 3.31. The third-order valence-corrected chi connectivity index (χ3v) is 1.90. The zero-order chi connectivity index (χ0) is 7.40. The summed E-state index contributed by atoms with van der Waals surface area (Å²) >= 11 is 1.50. The molecule has 4 heteroatoms. The zero-order valence-corrected chi connectivity index (χ0v) is 6.56. The van der Waals surface area contributed by atoms with Crippen LogP contribution in [0.15, 0.2) is 11.2 Å². The Hall–Kier alpha value is -0.900. The molecule has 0 amide bonds. The van der Waals surface area contributed by atoms with Crippen LogP contribution in [0.3, 0.4) is 0 Å². The average molecular weight is 155 g/mol. The molecule has 0 atom stereocenters. The smallest absolute Gasteiger partial charge is 0.180 e. The summed E-state index contributed by atoms with van der Waals surface area (Å²) in [5.74, 6) is 0. The number of anilines is 1. The van der Waals surface area contributed by atoms with Gasteiger partial charge < -0.3 is 10.7 Å². The Balaban J connectivity index is 2.58. The summed E-state index contributed by atoms with van der Waals surface area (Å²) in [7, 11) is 1.75. The van der Waals surface area contributed by atoms with E-state index in [0.717, 1.165) is 11.3 Å². The van der Waals surface area contributed by atoms with Crippen LogP contribution in [0, 0.1) is 0 Å². The van der Waals surface area contributed by atoms with Crippen LogP contribution in [0.4, 0.5) is 5.13 Å². The van der Waals surface area contributed by atoms with Gasteiger partial charge in [0.1, 0.15) is 0 Å². The first-order valence-corrected chi connectivity index (χ1v) is 3.75. The number of rotatable bonds is 2. The van der Waals surface area contributed by atoms with E-state index in [1.165, 1.54) is 11.3 Å². The Labute approximate surface area is 63.6 Å². The Morgan fingerprint density at radius 3 is 3.20 bits per heavy atom. The van der Waals surface area contributed by atoms with Gasteiger partial charge in [0.2, 0.25) is 0 Å². The summed E-state index contributed by atoms with van der Waals surface area (Å²) in [4.78, 5) is 8.91. The molecule has 0 spiro atoms. The first kappa shape index (κ1) is 7.21. The number of thiazole rings is 1. The van der Waals surface area contributed by atoms with Gasteiger partial charge in [-0.05, 0) is 0 Å². The van der Waals surface area contributed by atoms with E-state index in [2.05, 4.69) is 9.98 Å². The molecule has 54 valence electrons. The first-order chi connectivity index (χ1) is 4.83. The fourth-order valence-electron chi connectivity index (χ4n) is 0.598. The van der Waals surface area contributed by atoms with E-state index < -0.39 is 0 Å². The topological polar surface area (TPSA) is 51.3 Å². The second-order valence-electron chi connectivity index (χ2n) is 1.81. The van der Waals surface area contributed by atoms with Crippen LogP contribution in [0.2, 0.25) is 0 Å². The van der Waals surface area contributed by atoms with Gasteiger partial charge in [-0.3, -0.25) is 0 Å². The van der Waals surface area contributed by atoms with E-state index in [1.807, 2.05) is 6.21 Å². The molecule has 0 aliphatic carbocycles. The van der Waals surface area contributed by atoms with Gasteiger partial charge >= 0.3 is 0 Å². The molecule has 0 bridgehead atoms. The minimum atomic E-state index is 0.625. The molecular formula is C6H9N3S. The highest BCUT2D eigenvalue weighted by atomic mass is 32.1. The Morgan fingerprint density at radius 2 is 2.70 bits per heavy atom. The maximum absolute atomic E-state index is 5.41. The molecule has 1 heterocycles. The van der Waals surface area contributed by atoms with Crippen molar-refractivity contribution in [3.8, 4) is 0 Å². The number of aliphatic imine (C=N–C) groups is 1. The lowest BCUT2D eigenvalue weighted by molar-refractivity contribution is 1.33. The molecular weight excluding hydrogens is 146 g/mol. The molecule has 0 unspecified atom stereocenters. The third kappa shape index (κ3) is 1.80. The Bertz CT molecular complexity index is 229. The normalized spacial score (nSPS) is 10.9. The standard InChI is InChI=1S/C6H9N3S/c1-8-3-2-5-4-9-6(7)10-5/h3-4H,2H2,1H3,(H2,7,9). The number of hydrogen-bond donors (Lipinski definition) is 1. The molecule has 0 radical (unpaired) electrons. The summed E-state index contributed by atoms with van der Waals surface area (Å²) in [6, 6.07) is 0. The number of hydrogen-bond acceptors (Lipinski definition) is 4. The van der Waals surface area contributed by atoms with E-state index in [9.17, 15) is 0 Å². The lowest BCUT2D eigenvalue weighted by atomic mass is 10.4. The van der Waals surface area contributed by atoms with Crippen LogP contribution in [0.1, 0.15) is 4.88 Å². The third-order valence-electron chi connectivity index (χ3n) is 1.05. The van der Waals surface area contributed by atoms with Crippen molar-refractivity contribution < 1.29 is 0 Å². The van der Waals surface area contributed by atoms with Crippen LogP contribution in [-0.4, -0.2) is 18.2 Å². The van der Waals surface area contributed by atoms with E-state index in [0.29, 0.717) is 5.13 Å². The van der Waals surface area contributed by atoms with Crippen LogP contribution in [-0.2, 0) is 6.42 Å². The lowest BCUT2D eigenvalue weighted by Gasteiger charge is -1.82. The van der Waals surface area contributed by atoms with E-state index in [-0.39, 0.29) is 0 Å². The van der Waals surface area contributed by atoms with Crippen molar-refractivity contribution in [2.75, 3.05) is 12.8 Å². The zero-order valence-electron chi connectivity index (χ0n) is 5.74. The second-order valence-corrected chi connectivity index (χ2v) is 2.96. The van der Waals surface area contributed by atoms with Crippen molar-refractivity contribution in [2.24, 2.45) is 4.99 Å². The van der Waals surface area contributed by atoms with E-state index >= 15 is 0 Å². The van der Waals surface area contributed by atoms with E-state index in [4.69, 9.17) is 5.73 Å². The van der Waals surface area contributed by atoms with E-state index in [1.54, 1.807) is 13.2 Å². The number of aromatic nitrogens is 1. The summed E-state index contributed by atoms with van der Waals surface area (Å²) in [6.45, 7) is 0. The molecule has 0 aliphatic rings. The van der Waals surface area contributed by atoms with Gasteiger partial charge in [0.05, 0.1) is 0 Å². The van der Waals surface area contributed by atoms with Crippen molar-refractivity contribution in [3.63, 3.8) is 0 Å². The Morgan fingerprint density at radius 1 is 1.90 bits per heavy atom. The molecule has 0 saturated heterocycles. The predicted molar refractivity (Wildman–Crippen MR) is 44.6 cm³/mol. The number of nitrogens with two attached hydrogens (primary N) is 1. The molecule has 1 aromatic heterocycles. The number of nitrogens with zero attached hydrogens (tertiary/aromatic N) is 2. The van der Waals surface area contributed by atoms with Crippen LogP contribution >= 0.6 is 11.3 Å². The summed E-state index contributed by atoms with van der Waals surface area (Å²) < 4.78 is 0. The molecule has 1 rings (SSSR count). The average Bonchev–Trinajstić information content (AvgIpc) is 2.31. The summed E-state index contributed by atoms with van der Waals surface area (Å²) in [6.07, 6.45) is 4.46. The minimum Gasteiger partial charge on any atom is -0.375 e. The van der Waals surface area contributed by atoms with Crippen molar-refractivity contribution in [2.45, 2.75) is 6.42 Å². The summed E-state index contributed by atoms with van der Waals surface area (Å²) in [5.41, 5.74) is 5.41. The highest BCUT2D eigenvalue weighted by Crippen LogP contribution is 2.13. The highest BCUT2D eigenvalue weighted by Gasteiger charge is 1.94. The van der Waals surface area contributed by atoms with Gasteiger partial charge in [0, 0.05) is 30.8 Å². The quantitative estimate of drug-likeness (QED) is 0.647. The monoisotopic (exact) mass is 155 g/mol. The maximum atomic E-state index is 5.41. The molecule has 10 heavy (non-hydrogen) atoms. The molecule has 0 aliphatic heterocycles. The molecule has 3 nitrogen and oxygen atoms in total. The van der Waals surface area contributed by atoms with Gasteiger partial charge in [-0.2, -0.15) is 0 Å². The fourth-order valence-corrected chi connectivity index (χ4v) is 1.24. The van der Waals surface area contributed by atoms with Crippen molar-refractivity contribution >= 4 is 22.7 Å². The molecule has 0 saturated carbocycles. The molecule has 0 fully saturated rings. The highest BCUT2D eigenvalue weighted by molar-refractivity contribution is 7.15. The SMILES string of the molecule is CN=CCc1cnc(N)s1.